The summed E-state index contributed by atoms with van der Waals surface area (Å²) in [6, 6.07) is 5.83. The lowest BCUT2D eigenvalue weighted by atomic mass is 10.0. The Balaban J connectivity index is 2.09. The van der Waals surface area contributed by atoms with Crippen molar-refractivity contribution in [2.75, 3.05) is 19.4 Å². The molecule has 24 heavy (non-hydrogen) atoms. The number of phenolic OH excluding ortho intramolecular Hbond substituents is 1. The average molecular weight is 351 g/mol. The van der Waals surface area contributed by atoms with E-state index in [1.165, 1.54) is 25.8 Å². The molecule has 0 spiro atoms. The molecule has 1 aromatic carbocycles. The molecule has 1 heterocycles. The summed E-state index contributed by atoms with van der Waals surface area (Å²) >= 11 is 1.20. The molecule has 1 N–H and O–H groups in total. The van der Waals surface area contributed by atoms with Gasteiger partial charge in [-0.25, -0.2) is 4.79 Å². The SMILES string of the molecule is COC(=O)[C@H](Cc1ccc(O)cc1)N1CC(CSC(C)=O)CC1=O. The van der Waals surface area contributed by atoms with Crippen LogP contribution in [0.1, 0.15) is 18.9 Å². The first kappa shape index (κ1) is 18.3. The van der Waals surface area contributed by atoms with Gasteiger partial charge in [0.2, 0.25) is 5.91 Å². The molecule has 0 aromatic heterocycles. The standard InChI is InChI=1S/C17H21NO5S/c1-11(19)24-10-13-8-16(21)18(9-13)15(17(22)23-2)7-12-3-5-14(20)6-4-12/h3-6,13,15,20H,7-10H2,1-2H3/t13?,15-/m0/s1. The van der Waals surface area contributed by atoms with Crippen molar-refractivity contribution in [2.45, 2.75) is 25.8 Å². The van der Waals surface area contributed by atoms with Gasteiger partial charge in [0.1, 0.15) is 11.8 Å². The fourth-order valence-electron chi connectivity index (χ4n) is 2.77. The summed E-state index contributed by atoms with van der Waals surface area (Å²) in [5.41, 5.74) is 0.831. The second kappa shape index (κ2) is 8.19. The Morgan fingerprint density at radius 2 is 2.04 bits per heavy atom. The number of rotatable bonds is 6. The molecule has 1 aliphatic heterocycles. The van der Waals surface area contributed by atoms with Crippen molar-refractivity contribution in [3.05, 3.63) is 29.8 Å². The van der Waals surface area contributed by atoms with Crippen LogP contribution < -0.4 is 0 Å². The topological polar surface area (TPSA) is 83.9 Å². The third-order valence-electron chi connectivity index (χ3n) is 3.98. The minimum atomic E-state index is -0.695. The van der Waals surface area contributed by atoms with Crippen molar-refractivity contribution >= 4 is 28.8 Å². The Bertz CT molecular complexity index is 616. The fourth-order valence-corrected chi connectivity index (χ4v) is 3.46. The number of ether oxygens (including phenoxy) is 1. The third-order valence-corrected chi connectivity index (χ3v) is 5.02. The molecule has 1 saturated heterocycles. The molecule has 1 aliphatic rings. The summed E-state index contributed by atoms with van der Waals surface area (Å²) in [6.07, 6.45) is 0.661. The monoisotopic (exact) mass is 351 g/mol. The molecule has 2 rings (SSSR count). The molecule has 1 amide bonds. The molecule has 1 unspecified atom stereocenters. The van der Waals surface area contributed by atoms with E-state index in [2.05, 4.69) is 0 Å². The molecule has 0 aliphatic carbocycles. The molecular formula is C17H21NO5S. The van der Waals surface area contributed by atoms with Crippen LogP contribution >= 0.6 is 11.8 Å². The number of nitrogens with zero attached hydrogens (tertiary/aromatic N) is 1. The fraction of sp³-hybridized carbons (Fsp3) is 0.471. The van der Waals surface area contributed by atoms with E-state index in [1.54, 1.807) is 29.2 Å². The van der Waals surface area contributed by atoms with Crippen molar-refractivity contribution in [1.29, 1.82) is 0 Å². The Labute approximate surface area is 145 Å². The van der Waals surface area contributed by atoms with Crippen LogP contribution in [0.3, 0.4) is 0 Å². The average Bonchev–Trinajstić information content (AvgIpc) is 2.92. The molecule has 2 atom stereocenters. The van der Waals surface area contributed by atoms with Crippen LogP contribution in [0.25, 0.3) is 0 Å². The normalized spacial score (nSPS) is 18.5. The minimum absolute atomic E-state index is 0.0227. The quantitative estimate of drug-likeness (QED) is 0.784. The predicted molar refractivity (Wildman–Crippen MR) is 90.6 cm³/mol. The van der Waals surface area contributed by atoms with Crippen LogP contribution in [0.2, 0.25) is 0 Å². The lowest BCUT2D eigenvalue weighted by Gasteiger charge is -2.26. The number of hydrogen-bond donors (Lipinski definition) is 1. The minimum Gasteiger partial charge on any atom is -0.508 e. The highest BCUT2D eigenvalue weighted by atomic mass is 32.2. The van der Waals surface area contributed by atoms with Gasteiger partial charge in [0.15, 0.2) is 5.12 Å². The van der Waals surface area contributed by atoms with E-state index < -0.39 is 12.0 Å². The smallest absolute Gasteiger partial charge is 0.328 e. The molecule has 0 radical (unpaired) electrons. The molecule has 130 valence electrons. The number of phenols is 1. The van der Waals surface area contributed by atoms with Crippen molar-refractivity contribution in [3.8, 4) is 5.75 Å². The first-order valence-corrected chi connectivity index (χ1v) is 8.67. The highest BCUT2D eigenvalue weighted by molar-refractivity contribution is 8.13. The van der Waals surface area contributed by atoms with Gasteiger partial charge in [0, 0.05) is 32.1 Å². The van der Waals surface area contributed by atoms with Gasteiger partial charge in [-0.05, 0) is 23.6 Å². The number of benzene rings is 1. The van der Waals surface area contributed by atoms with E-state index in [4.69, 9.17) is 4.74 Å². The van der Waals surface area contributed by atoms with E-state index in [-0.39, 0.29) is 22.7 Å². The maximum Gasteiger partial charge on any atom is 0.328 e. The third kappa shape index (κ3) is 4.74. The zero-order valence-corrected chi connectivity index (χ0v) is 14.5. The first-order chi connectivity index (χ1) is 11.4. The number of carbonyl (C=O) groups excluding carboxylic acids is 3. The van der Waals surface area contributed by atoms with Gasteiger partial charge in [-0.3, -0.25) is 9.59 Å². The van der Waals surface area contributed by atoms with Gasteiger partial charge in [0.05, 0.1) is 7.11 Å². The van der Waals surface area contributed by atoms with E-state index in [0.717, 1.165) is 5.56 Å². The van der Waals surface area contributed by atoms with Crippen molar-refractivity contribution < 1.29 is 24.2 Å². The van der Waals surface area contributed by atoms with Gasteiger partial charge in [-0.2, -0.15) is 0 Å². The summed E-state index contributed by atoms with van der Waals surface area (Å²) in [7, 11) is 1.30. The van der Waals surface area contributed by atoms with Gasteiger partial charge >= 0.3 is 5.97 Å². The number of hydrogen-bond acceptors (Lipinski definition) is 6. The second-order valence-electron chi connectivity index (χ2n) is 5.83. The van der Waals surface area contributed by atoms with Gasteiger partial charge in [-0.15, -0.1) is 0 Å². The number of aromatic hydroxyl groups is 1. The molecular weight excluding hydrogens is 330 g/mol. The largest absolute Gasteiger partial charge is 0.508 e. The predicted octanol–water partition coefficient (Wildman–Crippen LogP) is 1.60. The number of thioether (sulfide) groups is 1. The van der Waals surface area contributed by atoms with Gasteiger partial charge in [0.25, 0.3) is 0 Å². The van der Waals surface area contributed by atoms with Crippen molar-refractivity contribution in [1.82, 2.24) is 4.90 Å². The van der Waals surface area contributed by atoms with Crippen LogP contribution in [0.4, 0.5) is 0 Å². The summed E-state index contributed by atoms with van der Waals surface area (Å²) in [5, 5.41) is 9.38. The maximum absolute atomic E-state index is 12.3. The Morgan fingerprint density at radius 1 is 1.38 bits per heavy atom. The van der Waals surface area contributed by atoms with E-state index >= 15 is 0 Å². The van der Waals surface area contributed by atoms with E-state index in [0.29, 0.717) is 25.1 Å². The van der Waals surface area contributed by atoms with E-state index in [1.807, 2.05) is 0 Å². The first-order valence-electron chi connectivity index (χ1n) is 7.69. The number of likely N-dealkylation sites (tertiary alicyclic amines) is 1. The van der Waals surface area contributed by atoms with Crippen LogP contribution in [-0.4, -0.2) is 52.4 Å². The molecule has 1 aromatic rings. The van der Waals surface area contributed by atoms with Crippen LogP contribution in [0, 0.1) is 5.92 Å². The van der Waals surface area contributed by atoms with Crippen LogP contribution in [0.15, 0.2) is 24.3 Å². The Morgan fingerprint density at radius 3 is 2.62 bits per heavy atom. The van der Waals surface area contributed by atoms with Gasteiger partial charge in [-0.1, -0.05) is 23.9 Å². The second-order valence-corrected chi connectivity index (χ2v) is 7.03. The summed E-state index contributed by atoms with van der Waals surface area (Å²) in [4.78, 5) is 37.1. The highest BCUT2D eigenvalue weighted by Crippen LogP contribution is 2.26. The van der Waals surface area contributed by atoms with Gasteiger partial charge < -0.3 is 14.7 Å². The Hall–Kier alpha value is -2.02. The van der Waals surface area contributed by atoms with Crippen LogP contribution in [-0.2, 0) is 25.5 Å². The molecule has 0 saturated carbocycles. The summed E-state index contributed by atoms with van der Waals surface area (Å²) < 4.78 is 4.86. The molecule has 6 nitrogen and oxygen atoms in total. The highest BCUT2D eigenvalue weighted by Gasteiger charge is 2.38. The summed E-state index contributed by atoms with van der Waals surface area (Å²) in [5.74, 6) is 0.213. The zero-order chi connectivity index (χ0) is 17.7. The lowest BCUT2D eigenvalue weighted by molar-refractivity contribution is -0.151. The molecule has 7 heteroatoms. The molecule has 0 bridgehead atoms. The number of methoxy groups -OCH3 is 1. The summed E-state index contributed by atoms with van der Waals surface area (Å²) in [6.45, 7) is 1.94. The van der Waals surface area contributed by atoms with Crippen molar-refractivity contribution in [2.24, 2.45) is 5.92 Å². The lowest BCUT2D eigenvalue weighted by Crippen LogP contribution is -2.44. The maximum atomic E-state index is 12.3. The molecule has 1 fully saturated rings. The van der Waals surface area contributed by atoms with E-state index in [9.17, 15) is 19.5 Å². The Kier molecular flexibility index (Phi) is 6.25. The number of amides is 1. The number of carbonyl (C=O) groups is 3. The zero-order valence-electron chi connectivity index (χ0n) is 13.7. The van der Waals surface area contributed by atoms with Crippen molar-refractivity contribution in [3.63, 3.8) is 0 Å². The number of esters is 1. The van der Waals surface area contributed by atoms with Crippen LogP contribution in [0.5, 0.6) is 5.75 Å².